The first-order chi connectivity index (χ1) is 15.1. The van der Waals surface area contributed by atoms with Crippen molar-refractivity contribution in [1.29, 1.82) is 0 Å². The fourth-order valence-electron chi connectivity index (χ4n) is 3.36. The number of aromatic nitrogens is 2. The van der Waals surface area contributed by atoms with Gasteiger partial charge in [-0.05, 0) is 43.5 Å². The quantitative estimate of drug-likeness (QED) is 0.256. The van der Waals surface area contributed by atoms with E-state index < -0.39 is 0 Å². The van der Waals surface area contributed by atoms with Crippen molar-refractivity contribution in [2.75, 3.05) is 19.0 Å². The Kier molecular flexibility index (Phi) is 8.64. The fraction of sp³-hybridized carbons (Fsp3) is 0.375. The van der Waals surface area contributed by atoms with E-state index in [2.05, 4.69) is 43.3 Å². The molecule has 7 heteroatoms. The smallest absolute Gasteiger partial charge is 0.163 e. The van der Waals surface area contributed by atoms with Crippen molar-refractivity contribution in [2.45, 2.75) is 45.6 Å². The SMILES string of the molecule is COc1cc2c(NCc3cccc(Br)c3)nc(C)nc2cc1OCCCCCCC=O. The molecule has 164 valence electrons. The lowest BCUT2D eigenvalue weighted by Gasteiger charge is -2.14. The number of halogens is 1. The molecule has 0 radical (unpaired) electrons. The number of nitrogens with zero attached hydrogens (tertiary/aromatic N) is 2. The molecule has 31 heavy (non-hydrogen) atoms. The van der Waals surface area contributed by atoms with Crippen LogP contribution in [0.2, 0.25) is 0 Å². The zero-order valence-electron chi connectivity index (χ0n) is 18.0. The second-order valence-electron chi connectivity index (χ2n) is 7.34. The van der Waals surface area contributed by atoms with Crippen LogP contribution in [0.1, 0.15) is 43.5 Å². The van der Waals surface area contributed by atoms with Gasteiger partial charge in [-0.3, -0.25) is 0 Å². The van der Waals surface area contributed by atoms with Crippen molar-refractivity contribution in [1.82, 2.24) is 9.97 Å². The minimum absolute atomic E-state index is 0.598. The Morgan fingerprint density at radius 1 is 1.06 bits per heavy atom. The molecule has 0 aliphatic rings. The van der Waals surface area contributed by atoms with Gasteiger partial charge in [-0.1, -0.05) is 40.9 Å². The number of methoxy groups -OCH3 is 1. The molecule has 0 unspecified atom stereocenters. The van der Waals surface area contributed by atoms with E-state index in [4.69, 9.17) is 9.47 Å². The third-order valence-corrected chi connectivity index (χ3v) is 5.41. The second kappa shape index (κ2) is 11.6. The van der Waals surface area contributed by atoms with Gasteiger partial charge in [0.2, 0.25) is 0 Å². The Morgan fingerprint density at radius 2 is 1.90 bits per heavy atom. The molecule has 0 aliphatic heterocycles. The van der Waals surface area contributed by atoms with Crippen LogP contribution in [0, 0.1) is 6.92 Å². The molecule has 0 atom stereocenters. The number of nitrogens with one attached hydrogen (secondary N) is 1. The van der Waals surface area contributed by atoms with Crippen LogP contribution in [0.15, 0.2) is 40.9 Å². The van der Waals surface area contributed by atoms with Gasteiger partial charge in [0.05, 0.1) is 19.2 Å². The molecule has 6 nitrogen and oxygen atoms in total. The molecule has 0 saturated carbocycles. The first kappa shape index (κ1) is 23.0. The number of benzene rings is 2. The molecule has 0 aliphatic carbocycles. The van der Waals surface area contributed by atoms with E-state index in [0.29, 0.717) is 36.9 Å². The van der Waals surface area contributed by atoms with Crippen molar-refractivity contribution >= 4 is 38.9 Å². The summed E-state index contributed by atoms with van der Waals surface area (Å²) in [6.07, 6.45) is 5.56. The summed E-state index contributed by atoms with van der Waals surface area (Å²) in [5.41, 5.74) is 1.96. The van der Waals surface area contributed by atoms with Crippen molar-refractivity contribution in [3.63, 3.8) is 0 Å². The molecular formula is C24H28BrN3O3. The molecule has 0 spiro atoms. The zero-order valence-corrected chi connectivity index (χ0v) is 19.6. The van der Waals surface area contributed by atoms with Gasteiger partial charge in [-0.2, -0.15) is 0 Å². The number of anilines is 1. The van der Waals surface area contributed by atoms with Gasteiger partial charge in [-0.15, -0.1) is 0 Å². The van der Waals surface area contributed by atoms with Crippen molar-refractivity contribution in [3.05, 3.63) is 52.3 Å². The van der Waals surface area contributed by atoms with Gasteiger partial charge < -0.3 is 19.6 Å². The summed E-state index contributed by atoms with van der Waals surface area (Å²) in [7, 11) is 1.64. The Balaban J connectivity index is 1.73. The predicted octanol–water partition coefficient (Wildman–Crippen LogP) is 5.85. The molecule has 0 fully saturated rings. The Hall–Kier alpha value is -2.67. The first-order valence-electron chi connectivity index (χ1n) is 10.5. The third kappa shape index (κ3) is 6.66. The van der Waals surface area contributed by atoms with Crippen LogP contribution in [-0.4, -0.2) is 30.0 Å². The molecule has 2 aromatic carbocycles. The Bertz CT molecular complexity index is 1030. The monoisotopic (exact) mass is 485 g/mol. The predicted molar refractivity (Wildman–Crippen MR) is 127 cm³/mol. The molecule has 0 amide bonds. The number of unbranched alkanes of at least 4 members (excludes halogenated alkanes) is 4. The summed E-state index contributed by atoms with van der Waals surface area (Å²) in [4.78, 5) is 19.6. The fourth-order valence-corrected chi connectivity index (χ4v) is 3.80. The van der Waals surface area contributed by atoms with E-state index in [0.717, 1.165) is 58.7 Å². The molecule has 0 saturated heterocycles. The Labute approximate surface area is 191 Å². The van der Waals surface area contributed by atoms with Crippen molar-refractivity contribution < 1.29 is 14.3 Å². The minimum Gasteiger partial charge on any atom is -0.493 e. The number of ether oxygens (including phenoxy) is 2. The summed E-state index contributed by atoms with van der Waals surface area (Å²) < 4.78 is 12.6. The van der Waals surface area contributed by atoms with E-state index in [-0.39, 0.29) is 0 Å². The normalized spacial score (nSPS) is 10.8. The number of carbonyl (C=O) groups excluding carboxylic acids is 1. The van der Waals surface area contributed by atoms with Crippen LogP contribution < -0.4 is 14.8 Å². The van der Waals surface area contributed by atoms with Gasteiger partial charge in [0.15, 0.2) is 11.5 Å². The maximum absolute atomic E-state index is 10.4. The van der Waals surface area contributed by atoms with Crippen LogP contribution in [-0.2, 0) is 11.3 Å². The third-order valence-electron chi connectivity index (χ3n) is 4.92. The average molecular weight is 486 g/mol. The highest BCUT2D eigenvalue weighted by Gasteiger charge is 2.13. The average Bonchev–Trinajstić information content (AvgIpc) is 2.76. The summed E-state index contributed by atoms with van der Waals surface area (Å²) >= 11 is 3.51. The zero-order chi connectivity index (χ0) is 22.1. The second-order valence-corrected chi connectivity index (χ2v) is 8.26. The molecule has 3 rings (SSSR count). The largest absolute Gasteiger partial charge is 0.493 e. The summed E-state index contributed by atoms with van der Waals surface area (Å²) in [5, 5.41) is 4.31. The maximum Gasteiger partial charge on any atom is 0.163 e. The maximum atomic E-state index is 10.4. The van der Waals surface area contributed by atoms with Crippen molar-refractivity contribution in [2.24, 2.45) is 0 Å². The van der Waals surface area contributed by atoms with Gasteiger partial charge in [0.1, 0.15) is 17.9 Å². The molecule has 1 aromatic heterocycles. The van der Waals surface area contributed by atoms with E-state index in [9.17, 15) is 4.79 Å². The lowest BCUT2D eigenvalue weighted by Crippen LogP contribution is -2.05. The topological polar surface area (TPSA) is 73.3 Å². The van der Waals surface area contributed by atoms with Crippen LogP contribution in [0.25, 0.3) is 10.9 Å². The lowest BCUT2D eigenvalue weighted by atomic mass is 10.1. The standard InChI is InChI=1S/C24H28BrN3O3/c1-17-27-21-15-23(31-12-7-5-3-4-6-11-29)22(30-2)14-20(21)24(28-17)26-16-18-9-8-10-19(25)13-18/h8-11,13-15H,3-7,12,16H2,1-2H3,(H,26,27,28). The number of rotatable bonds is 12. The number of fused-ring (bicyclic) bond motifs is 1. The van der Waals surface area contributed by atoms with E-state index in [1.165, 1.54) is 0 Å². The molecule has 1 heterocycles. The van der Waals surface area contributed by atoms with Crippen LogP contribution in [0.5, 0.6) is 11.5 Å². The van der Waals surface area contributed by atoms with Gasteiger partial charge in [0, 0.05) is 28.9 Å². The first-order valence-corrected chi connectivity index (χ1v) is 11.3. The molecule has 3 aromatic rings. The number of hydrogen-bond donors (Lipinski definition) is 1. The van der Waals surface area contributed by atoms with E-state index in [1.54, 1.807) is 7.11 Å². The summed E-state index contributed by atoms with van der Waals surface area (Å²) in [5.74, 6) is 2.79. The van der Waals surface area contributed by atoms with Crippen LogP contribution in [0.3, 0.4) is 0 Å². The van der Waals surface area contributed by atoms with Crippen LogP contribution >= 0.6 is 15.9 Å². The highest BCUT2D eigenvalue weighted by Crippen LogP contribution is 2.34. The van der Waals surface area contributed by atoms with Gasteiger partial charge in [0.25, 0.3) is 0 Å². The number of aryl methyl sites for hydroxylation is 1. The van der Waals surface area contributed by atoms with Gasteiger partial charge >= 0.3 is 0 Å². The molecule has 1 N–H and O–H groups in total. The molecular weight excluding hydrogens is 458 g/mol. The van der Waals surface area contributed by atoms with Gasteiger partial charge in [-0.25, -0.2) is 9.97 Å². The lowest BCUT2D eigenvalue weighted by molar-refractivity contribution is -0.107. The summed E-state index contributed by atoms with van der Waals surface area (Å²) in [6, 6.07) is 12.0. The summed E-state index contributed by atoms with van der Waals surface area (Å²) in [6.45, 7) is 3.13. The number of hydrogen-bond acceptors (Lipinski definition) is 6. The number of carbonyl (C=O) groups is 1. The minimum atomic E-state index is 0.598. The van der Waals surface area contributed by atoms with Crippen molar-refractivity contribution in [3.8, 4) is 11.5 Å². The van der Waals surface area contributed by atoms with Crippen LogP contribution in [0.4, 0.5) is 5.82 Å². The number of aldehydes is 1. The molecule has 0 bridgehead atoms. The highest BCUT2D eigenvalue weighted by atomic mass is 79.9. The van der Waals surface area contributed by atoms with E-state index in [1.807, 2.05) is 31.2 Å². The Morgan fingerprint density at radius 3 is 2.68 bits per heavy atom. The van der Waals surface area contributed by atoms with E-state index >= 15 is 0 Å². The highest BCUT2D eigenvalue weighted by molar-refractivity contribution is 9.10.